The van der Waals surface area contributed by atoms with Crippen molar-refractivity contribution in [2.45, 2.75) is 6.54 Å². The third-order valence-electron chi connectivity index (χ3n) is 4.31. The van der Waals surface area contributed by atoms with E-state index in [1.807, 2.05) is 54.6 Å². The van der Waals surface area contributed by atoms with Crippen LogP contribution in [0.25, 0.3) is 10.8 Å². The quantitative estimate of drug-likeness (QED) is 0.709. The Hall–Kier alpha value is -3.21. The molecule has 0 fully saturated rings. The van der Waals surface area contributed by atoms with E-state index in [1.54, 1.807) is 21.3 Å². The summed E-state index contributed by atoms with van der Waals surface area (Å²) < 4.78 is 10.8. The van der Waals surface area contributed by atoms with E-state index in [9.17, 15) is 4.79 Å². The van der Waals surface area contributed by atoms with Gasteiger partial charge in [-0.25, -0.2) is 0 Å². The molecule has 0 aromatic heterocycles. The third-order valence-corrected chi connectivity index (χ3v) is 4.31. The van der Waals surface area contributed by atoms with Crippen LogP contribution in [-0.4, -0.2) is 27.2 Å². The molecule has 0 bridgehead atoms. The first kappa shape index (κ1) is 17.6. The molecule has 0 spiro atoms. The van der Waals surface area contributed by atoms with Crippen molar-refractivity contribution in [3.8, 4) is 11.5 Å². The van der Waals surface area contributed by atoms with Crippen molar-refractivity contribution in [3.63, 3.8) is 0 Å². The fourth-order valence-corrected chi connectivity index (χ4v) is 2.96. The lowest BCUT2D eigenvalue weighted by Crippen LogP contribution is -2.18. The molecule has 0 atom stereocenters. The Balaban J connectivity index is 1.99. The van der Waals surface area contributed by atoms with Crippen LogP contribution in [0.3, 0.4) is 0 Å². The first-order chi connectivity index (χ1) is 12.7. The predicted molar refractivity (Wildman–Crippen MR) is 104 cm³/mol. The summed E-state index contributed by atoms with van der Waals surface area (Å²) in [5.74, 6) is 1.41. The highest BCUT2D eigenvalue weighted by Crippen LogP contribution is 2.36. The van der Waals surface area contributed by atoms with Gasteiger partial charge in [-0.3, -0.25) is 4.79 Å². The molecular weight excluding hydrogens is 328 g/mol. The van der Waals surface area contributed by atoms with E-state index < -0.39 is 0 Å². The lowest BCUT2D eigenvalue weighted by Gasteiger charge is -2.16. The number of nitrogens with one attached hydrogen (secondary N) is 2. The van der Waals surface area contributed by atoms with Crippen molar-refractivity contribution in [1.82, 2.24) is 5.32 Å². The molecule has 2 N–H and O–H groups in total. The number of hydrogen-bond acceptors (Lipinski definition) is 4. The van der Waals surface area contributed by atoms with E-state index in [0.29, 0.717) is 12.1 Å². The SMILES string of the molecule is CNC(=O)c1cc(NCc2ccc(OC)cc2)c(OC)c2ccccc12. The van der Waals surface area contributed by atoms with Gasteiger partial charge in [0.15, 0.2) is 0 Å². The Bertz CT molecular complexity index is 920. The monoisotopic (exact) mass is 350 g/mol. The van der Waals surface area contributed by atoms with Crippen molar-refractivity contribution in [2.75, 3.05) is 26.6 Å². The minimum Gasteiger partial charge on any atom is -0.497 e. The molecule has 1 amide bonds. The zero-order valence-corrected chi connectivity index (χ0v) is 15.1. The topological polar surface area (TPSA) is 59.6 Å². The van der Waals surface area contributed by atoms with Gasteiger partial charge in [0.2, 0.25) is 0 Å². The zero-order chi connectivity index (χ0) is 18.5. The summed E-state index contributed by atoms with van der Waals surface area (Å²) in [6, 6.07) is 17.4. The molecule has 5 heteroatoms. The van der Waals surface area contributed by atoms with Gasteiger partial charge in [0.25, 0.3) is 5.91 Å². The standard InChI is InChI=1S/C21H22N2O3/c1-22-21(24)18-12-19(20(26-3)17-7-5-4-6-16(17)18)23-13-14-8-10-15(25-2)11-9-14/h4-12,23H,13H2,1-3H3,(H,22,24). The van der Waals surface area contributed by atoms with Gasteiger partial charge in [-0.1, -0.05) is 36.4 Å². The number of hydrogen-bond donors (Lipinski definition) is 2. The van der Waals surface area contributed by atoms with Crippen LogP contribution < -0.4 is 20.1 Å². The second kappa shape index (κ2) is 7.78. The van der Waals surface area contributed by atoms with Crippen LogP contribution in [0, 0.1) is 0 Å². The first-order valence-corrected chi connectivity index (χ1v) is 8.36. The molecule has 5 nitrogen and oxygen atoms in total. The fraction of sp³-hybridized carbons (Fsp3) is 0.190. The van der Waals surface area contributed by atoms with Crippen molar-refractivity contribution in [3.05, 3.63) is 65.7 Å². The molecule has 3 aromatic rings. The van der Waals surface area contributed by atoms with Crippen molar-refractivity contribution in [1.29, 1.82) is 0 Å². The van der Waals surface area contributed by atoms with Crippen LogP contribution in [0.15, 0.2) is 54.6 Å². The smallest absolute Gasteiger partial charge is 0.251 e. The van der Waals surface area contributed by atoms with Gasteiger partial charge in [-0.05, 0) is 29.1 Å². The van der Waals surface area contributed by atoms with Crippen molar-refractivity contribution < 1.29 is 14.3 Å². The van der Waals surface area contributed by atoms with Crippen LogP contribution in [0.5, 0.6) is 11.5 Å². The highest BCUT2D eigenvalue weighted by Gasteiger charge is 2.16. The number of ether oxygens (including phenoxy) is 2. The van der Waals surface area contributed by atoms with E-state index in [2.05, 4.69) is 10.6 Å². The Morgan fingerprint density at radius 1 is 0.962 bits per heavy atom. The summed E-state index contributed by atoms with van der Waals surface area (Å²) in [6.07, 6.45) is 0. The first-order valence-electron chi connectivity index (χ1n) is 8.36. The Labute approximate surface area is 152 Å². The van der Waals surface area contributed by atoms with E-state index in [1.165, 1.54) is 0 Å². The largest absolute Gasteiger partial charge is 0.497 e. The number of anilines is 1. The van der Waals surface area contributed by atoms with Crippen LogP contribution in [0.4, 0.5) is 5.69 Å². The third kappa shape index (κ3) is 3.42. The second-order valence-corrected chi connectivity index (χ2v) is 5.83. The molecular formula is C21H22N2O3. The maximum absolute atomic E-state index is 12.3. The van der Waals surface area contributed by atoms with Crippen molar-refractivity contribution >= 4 is 22.4 Å². The Morgan fingerprint density at radius 2 is 1.65 bits per heavy atom. The van der Waals surface area contributed by atoms with E-state index in [-0.39, 0.29) is 5.91 Å². The minimum absolute atomic E-state index is 0.128. The summed E-state index contributed by atoms with van der Waals surface area (Å²) in [7, 11) is 4.92. The molecule has 0 aliphatic carbocycles. The molecule has 0 saturated carbocycles. The lowest BCUT2D eigenvalue weighted by atomic mass is 10.0. The summed E-state index contributed by atoms with van der Waals surface area (Å²) >= 11 is 0. The molecule has 0 aliphatic rings. The normalized spacial score (nSPS) is 10.4. The maximum Gasteiger partial charge on any atom is 0.251 e. The number of carbonyl (C=O) groups excluding carboxylic acids is 1. The number of benzene rings is 3. The average Bonchev–Trinajstić information content (AvgIpc) is 2.71. The molecule has 3 rings (SSSR count). The number of fused-ring (bicyclic) bond motifs is 1. The molecule has 134 valence electrons. The number of carbonyl (C=O) groups is 1. The van der Waals surface area contributed by atoms with Crippen LogP contribution >= 0.6 is 0 Å². The fourth-order valence-electron chi connectivity index (χ4n) is 2.96. The molecule has 26 heavy (non-hydrogen) atoms. The van der Waals surface area contributed by atoms with Gasteiger partial charge in [0.05, 0.1) is 19.9 Å². The van der Waals surface area contributed by atoms with Gasteiger partial charge in [0, 0.05) is 24.5 Å². The van der Waals surface area contributed by atoms with E-state index in [4.69, 9.17) is 9.47 Å². The number of rotatable bonds is 6. The predicted octanol–water partition coefficient (Wildman–Crippen LogP) is 3.83. The highest BCUT2D eigenvalue weighted by molar-refractivity contribution is 6.10. The Morgan fingerprint density at radius 3 is 2.27 bits per heavy atom. The van der Waals surface area contributed by atoms with Gasteiger partial charge in [0.1, 0.15) is 11.5 Å². The second-order valence-electron chi connectivity index (χ2n) is 5.83. The van der Waals surface area contributed by atoms with Gasteiger partial charge >= 0.3 is 0 Å². The summed E-state index contributed by atoms with van der Waals surface area (Å²) in [5.41, 5.74) is 2.49. The molecule has 0 aliphatic heterocycles. The Kier molecular flexibility index (Phi) is 5.27. The van der Waals surface area contributed by atoms with Crippen molar-refractivity contribution in [2.24, 2.45) is 0 Å². The average molecular weight is 350 g/mol. The lowest BCUT2D eigenvalue weighted by molar-refractivity contribution is 0.0965. The summed E-state index contributed by atoms with van der Waals surface area (Å²) in [5, 5.41) is 7.84. The highest BCUT2D eigenvalue weighted by atomic mass is 16.5. The van der Waals surface area contributed by atoms with Gasteiger partial charge < -0.3 is 20.1 Å². The number of amides is 1. The minimum atomic E-state index is -0.128. The molecule has 3 aromatic carbocycles. The molecule has 0 saturated heterocycles. The van der Waals surface area contributed by atoms with Crippen LogP contribution in [0.1, 0.15) is 15.9 Å². The maximum atomic E-state index is 12.3. The van der Waals surface area contributed by atoms with Crippen LogP contribution in [0.2, 0.25) is 0 Å². The molecule has 0 heterocycles. The molecule has 0 radical (unpaired) electrons. The van der Waals surface area contributed by atoms with Gasteiger partial charge in [-0.2, -0.15) is 0 Å². The zero-order valence-electron chi connectivity index (χ0n) is 15.1. The van der Waals surface area contributed by atoms with E-state index >= 15 is 0 Å². The summed E-state index contributed by atoms with van der Waals surface area (Å²) in [4.78, 5) is 12.3. The molecule has 0 unspecified atom stereocenters. The van der Waals surface area contributed by atoms with E-state index in [0.717, 1.165) is 33.5 Å². The van der Waals surface area contributed by atoms with Gasteiger partial charge in [-0.15, -0.1) is 0 Å². The summed E-state index contributed by atoms with van der Waals surface area (Å²) in [6.45, 7) is 0.603. The van der Waals surface area contributed by atoms with Crippen LogP contribution in [-0.2, 0) is 6.54 Å². The number of methoxy groups -OCH3 is 2.